The van der Waals surface area contributed by atoms with Crippen LogP contribution in [0.3, 0.4) is 0 Å². The molecule has 25 heavy (non-hydrogen) atoms. The minimum atomic E-state index is -0.216. The number of nitrogens with one attached hydrogen (secondary N) is 2. The van der Waals surface area contributed by atoms with Crippen molar-refractivity contribution in [3.63, 3.8) is 0 Å². The molecule has 1 aromatic carbocycles. The van der Waals surface area contributed by atoms with Gasteiger partial charge < -0.3 is 10.6 Å². The number of hydrogen-bond donors (Lipinski definition) is 2. The number of nitrogens with zero attached hydrogens (tertiary/aromatic N) is 2. The van der Waals surface area contributed by atoms with E-state index >= 15 is 0 Å². The number of carbonyl (C=O) groups excluding carboxylic acids is 1. The van der Waals surface area contributed by atoms with E-state index in [0.717, 1.165) is 22.6 Å². The van der Waals surface area contributed by atoms with Crippen molar-refractivity contribution in [2.75, 3.05) is 11.9 Å². The van der Waals surface area contributed by atoms with E-state index in [9.17, 15) is 4.79 Å². The number of rotatable bonds is 5. The van der Waals surface area contributed by atoms with Crippen LogP contribution in [0.15, 0.2) is 47.8 Å². The van der Waals surface area contributed by atoms with Crippen LogP contribution in [-0.2, 0) is 0 Å². The topological polar surface area (TPSA) is 59.0 Å². The Labute approximate surface area is 151 Å². The van der Waals surface area contributed by atoms with Crippen LogP contribution in [0.25, 0.3) is 0 Å². The number of benzene rings is 1. The number of hydrogen-bond acceptors (Lipinski definition) is 3. The summed E-state index contributed by atoms with van der Waals surface area (Å²) in [5.74, 6) is 0. The Morgan fingerprint density at radius 1 is 1.20 bits per heavy atom. The maximum atomic E-state index is 12.2. The Balaban J connectivity index is 1.69. The van der Waals surface area contributed by atoms with Crippen LogP contribution in [0.1, 0.15) is 27.9 Å². The van der Waals surface area contributed by atoms with Gasteiger partial charge in [0, 0.05) is 22.8 Å². The molecular formula is C19H22N4OS. The van der Waals surface area contributed by atoms with E-state index in [0.29, 0.717) is 6.54 Å². The van der Waals surface area contributed by atoms with Gasteiger partial charge in [-0.3, -0.25) is 4.68 Å². The van der Waals surface area contributed by atoms with E-state index < -0.39 is 0 Å². The lowest BCUT2D eigenvalue weighted by atomic mass is 10.2. The Morgan fingerprint density at radius 3 is 2.56 bits per heavy atom. The van der Waals surface area contributed by atoms with E-state index in [4.69, 9.17) is 0 Å². The summed E-state index contributed by atoms with van der Waals surface area (Å²) in [6, 6.07) is 13.6. The first-order chi connectivity index (χ1) is 12.0. The molecule has 0 aliphatic carbocycles. The molecule has 0 aliphatic rings. The van der Waals surface area contributed by atoms with Gasteiger partial charge in [0.1, 0.15) is 6.04 Å². The first kappa shape index (κ1) is 17.2. The standard InChI is InChI=1S/C19H22N4OS/c1-13-6-8-16(9-7-13)21-19(24)20-12-17(18-5-4-10-25-18)23-15(3)11-14(2)22-23/h4-11,17H,12H2,1-3H3,(H2,20,21,24). The average molecular weight is 354 g/mol. The molecular weight excluding hydrogens is 332 g/mol. The molecule has 6 heteroatoms. The number of amides is 2. The highest BCUT2D eigenvalue weighted by molar-refractivity contribution is 7.10. The zero-order valence-corrected chi connectivity index (χ0v) is 15.4. The third-order valence-corrected chi connectivity index (χ3v) is 4.95. The summed E-state index contributed by atoms with van der Waals surface area (Å²) in [7, 11) is 0. The highest BCUT2D eigenvalue weighted by atomic mass is 32.1. The number of aromatic nitrogens is 2. The van der Waals surface area contributed by atoms with E-state index in [1.807, 2.05) is 67.2 Å². The Kier molecular flexibility index (Phi) is 5.19. The highest BCUT2D eigenvalue weighted by Crippen LogP contribution is 2.24. The van der Waals surface area contributed by atoms with Crippen molar-refractivity contribution in [2.45, 2.75) is 26.8 Å². The van der Waals surface area contributed by atoms with Crippen LogP contribution in [0, 0.1) is 20.8 Å². The molecule has 0 fully saturated rings. The quantitative estimate of drug-likeness (QED) is 0.718. The molecule has 5 nitrogen and oxygen atoms in total. The van der Waals surface area contributed by atoms with Crippen molar-refractivity contribution < 1.29 is 4.79 Å². The molecule has 130 valence electrons. The van der Waals surface area contributed by atoms with Crippen LogP contribution in [0.4, 0.5) is 10.5 Å². The summed E-state index contributed by atoms with van der Waals surface area (Å²) >= 11 is 1.67. The lowest BCUT2D eigenvalue weighted by Gasteiger charge is -2.19. The maximum Gasteiger partial charge on any atom is 0.319 e. The van der Waals surface area contributed by atoms with Gasteiger partial charge in [0.15, 0.2) is 0 Å². The fourth-order valence-electron chi connectivity index (χ4n) is 2.75. The summed E-state index contributed by atoms with van der Waals surface area (Å²) in [6.45, 7) is 6.50. The summed E-state index contributed by atoms with van der Waals surface area (Å²) in [4.78, 5) is 13.4. The Bertz CT molecular complexity index is 837. The summed E-state index contributed by atoms with van der Waals surface area (Å²) in [6.07, 6.45) is 0. The molecule has 1 atom stereocenters. The molecule has 0 radical (unpaired) electrons. The summed E-state index contributed by atoms with van der Waals surface area (Å²) in [5, 5.41) is 12.5. The van der Waals surface area contributed by atoms with E-state index in [1.54, 1.807) is 11.3 Å². The van der Waals surface area contributed by atoms with Crippen molar-refractivity contribution in [2.24, 2.45) is 0 Å². The van der Waals surface area contributed by atoms with Crippen molar-refractivity contribution >= 4 is 23.1 Å². The number of urea groups is 1. The molecule has 0 saturated carbocycles. The third-order valence-electron chi connectivity index (χ3n) is 3.98. The molecule has 2 aromatic heterocycles. The maximum absolute atomic E-state index is 12.2. The first-order valence-corrected chi connectivity index (χ1v) is 9.08. The monoisotopic (exact) mass is 354 g/mol. The van der Waals surface area contributed by atoms with Gasteiger partial charge in [0.2, 0.25) is 0 Å². The predicted molar refractivity (Wildman–Crippen MR) is 102 cm³/mol. The van der Waals surface area contributed by atoms with Gasteiger partial charge in [-0.15, -0.1) is 11.3 Å². The van der Waals surface area contributed by atoms with Crippen molar-refractivity contribution in [3.8, 4) is 0 Å². The number of anilines is 1. The molecule has 1 unspecified atom stereocenters. The predicted octanol–water partition coefficient (Wildman–Crippen LogP) is 4.28. The SMILES string of the molecule is Cc1ccc(NC(=O)NCC(c2cccs2)n2nc(C)cc2C)cc1. The smallest absolute Gasteiger partial charge is 0.319 e. The van der Waals surface area contributed by atoms with Gasteiger partial charge in [-0.1, -0.05) is 23.8 Å². The normalized spacial score (nSPS) is 12.0. The van der Waals surface area contributed by atoms with E-state index in [1.165, 1.54) is 4.88 Å². The second-order valence-corrected chi connectivity index (χ2v) is 7.08. The third kappa shape index (κ3) is 4.28. The molecule has 2 heterocycles. The number of thiophene rings is 1. The first-order valence-electron chi connectivity index (χ1n) is 8.20. The largest absolute Gasteiger partial charge is 0.335 e. The van der Waals surface area contributed by atoms with Gasteiger partial charge in [0.05, 0.1) is 5.69 Å². The van der Waals surface area contributed by atoms with E-state index in [2.05, 4.69) is 21.8 Å². The van der Waals surface area contributed by atoms with Crippen LogP contribution >= 0.6 is 11.3 Å². The van der Waals surface area contributed by atoms with Crippen LogP contribution < -0.4 is 10.6 Å². The molecule has 0 aliphatic heterocycles. The fourth-order valence-corrected chi connectivity index (χ4v) is 3.56. The van der Waals surface area contributed by atoms with Crippen LogP contribution in [0.5, 0.6) is 0 Å². The fraction of sp³-hybridized carbons (Fsp3) is 0.263. The van der Waals surface area contributed by atoms with Gasteiger partial charge in [-0.25, -0.2) is 4.79 Å². The lowest BCUT2D eigenvalue weighted by Crippen LogP contribution is -2.34. The molecule has 0 saturated heterocycles. The second kappa shape index (κ2) is 7.53. The average Bonchev–Trinajstić information content (AvgIpc) is 3.20. The molecule has 2 amide bonds. The van der Waals surface area contributed by atoms with Crippen molar-refractivity contribution in [1.29, 1.82) is 0 Å². The lowest BCUT2D eigenvalue weighted by molar-refractivity contribution is 0.250. The zero-order chi connectivity index (χ0) is 17.8. The zero-order valence-electron chi connectivity index (χ0n) is 14.6. The Hall–Kier alpha value is -2.60. The van der Waals surface area contributed by atoms with Crippen LogP contribution in [0.2, 0.25) is 0 Å². The highest BCUT2D eigenvalue weighted by Gasteiger charge is 2.19. The van der Waals surface area contributed by atoms with E-state index in [-0.39, 0.29) is 12.1 Å². The van der Waals surface area contributed by atoms with Crippen molar-refractivity contribution in [3.05, 3.63) is 69.7 Å². The van der Waals surface area contributed by atoms with Gasteiger partial charge in [-0.05, 0) is 50.4 Å². The molecule has 3 rings (SSSR count). The van der Waals surface area contributed by atoms with Gasteiger partial charge >= 0.3 is 6.03 Å². The molecule has 0 bridgehead atoms. The number of carbonyl (C=O) groups is 1. The number of aryl methyl sites for hydroxylation is 3. The molecule has 0 spiro atoms. The summed E-state index contributed by atoms with van der Waals surface area (Å²) in [5.41, 5.74) is 4.00. The molecule has 3 aromatic rings. The minimum Gasteiger partial charge on any atom is -0.335 e. The van der Waals surface area contributed by atoms with Crippen molar-refractivity contribution in [1.82, 2.24) is 15.1 Å². The van der Waals surface area contributed by atoms with Gasteiger partial charge in [0.25, 0.3) is 0 Å². The second-order valence-electron chi connectivity index (χ2n) is 6.10. The summed E-state index contributed by atoms with van der Waals surface area (Å²) < 4.78 is 1.98. The molecule has 2 N–H and O–H groups in total. The van der Waals surface area contributed by atoms with Crippen LogP contribution in [-0.4, -0.2) is 22.4 Å². The minimum absolute atomic E-state index is 0.0162. The Morgan fingerprint density at radius 2 is 1.96 bits per heavy atom. The van der Waals surface area contributed by atoms with Gasteiger partial charge in [-0.2, -0.15) is 5.10 Å².